The van der Waals surface area contributed by atoms with Crippen LogP contribution in [0, 0.1) is 0 Å². The van der Waals surface area contributed by atoms with Crippen LogP contribution in [0.4, 0.5) is 0 Å². The Kier molecular flexibility index (Phi) is 3.40. The van der Waals surface area contributed by atoms with Crippen LogP contribution >= 0.6 is 0 Å². The van der Waals surface area contributed by atoms with Gasteiger partial charge in [-0.05, 0) is 20.3 Å². The maximum absolute atomic E-state index is 10.8. The minimum atomic E-state index is -0.285. The fourth-order valence-electron chi connectivity index (χ4n) is 0.453. The summed E-state index contributed by atoms with van der Waals surface area (Å²) in [6, 6.07) is 0. The highest BCUT2D eigenvalue weighted by Gasteiger charge is 2.18. The van der Waals surface area contributed by atoms with Gasteiger partial charge in [0.05, 0.1) is 0 Å². The first kappa shape index (κ1) is 9.47. The summed E-state index contributed by atoms with van der Waals surface area (Å²) in [6.45, 7) is 7.64. The Morgan fingerprint density at radius 1 is 1.40 bits per heavy atom. The monoisotopic (exact) mass is 144 g/mol. The van der Waals surface area contributed by atoms with Crippen LogP contribution < -0.4 is 0 Å². The second-order valence-corrected chi connectivity index (χ2v) is 2.94. The molecular weight excluding hydrogens is 128 g/mol. The van der Waals surface area contributed by atoms with E-state index in [1.54, 1.807) is 6.92 Å². The summed E-state index contributed by atoms with van der Waals surface area (Å²) in [7, 11) is 0. The van der Waals surface area contributed by atoms with Crippen molar-refractivity contribution in [1.29, 1.82) is 0 Å². The minimum absolute atomic E-state index is 0.119. The van der Waals surface area contributed by atoms with Crippen molar-refractivity contribution in [1.82, 2.24) is 0 Å². The molecule has 0 aliphatic carbocycles. The summed E-state index contributed by atoms with van der Waals surface area (Å²) in [5, 5.41) is 0. The summed E-state index contributed by atoms with van der Waals surface area (Å²) in [4.78, 5) is 10.8. The van der Waals surface area contributed by atoms with E-state index in [1.807, 2.05) is 20.8 Å². The molecule has 0 amide bonds. The number of carbonyl (C=O) groups excluding carboxylic acids is 1. The van der Waals surface area contributed by atoms with Crippen LogP contribution in [0.1, 0.15) is 40.5 Å². The molecule has 0 rings (SSSR count). The molecule has 0 aromatic heterocycles. The highest BCUT2D eigenvalue weighted by molar-refractivity contribution is 5.69. The quantitative estimate of drug-likeness (QED) is 0.567. The number of hydrogen-bond donors (Lipinski definition) is 0. The van der Waals surface area contributed by atoms with Crippen LogP contribution in [0.15, 0.2) is 0 Å². The van der Waals surface area contributed by atoms with E-state index < -0.39 is 0 Å². The first-order chi connectivity index (χ1) is 4.52. The Morgan fingerprint density at radius 3 is 2.20 bits per heavy atom. The van der Waals surface area contributed by atoms with Gasteiger partial charge in [-0.3, -0.25) is 4.79 Å². The third-order valence-electron chi connectivity index (χ3n) is 1.53. The summed E-state index contributed by atoms with van der Waals surface area (Å²) in [6.07, 6.45) is 1.32. The van der Waals surface area contributed by atoms with Gasteiger partial charge in [0.2, 0.25) is 0 Å². The van der Waals surface area contributed by atoms with Crippen molar-refractivity contribution in [2.45, 2.75) is 46.1 Å². The Balaban J connectivity index is 3.76. The molecule has 0 radical (unpaired) electrons. The second-order valence-electron chi connectivity index (χ2n) is 2.94. The summed E-state index contributed by atoms with van der Waals surface area (Å²) < 4.78 is 5.10. The molecule has 10 heavy (non-hydrogen) atoms. The van der Waals surface area contributed by atoms with Crippen molar-refractivity contribution in [2.75, 3.05) is 0 Å². The van der Waals surface area contributed by atoms with Crippen LogP contribution in [0.3, 0.4) is 0 Å². The van der Waals surface area contributed by atoms with Crippen LogP contribution in [0.25, 0.3) is 0 Å². The molecule has 2 nitrogen and oxygen atoms in total. The zero-order valence-corrected chi connectivity index (χ0v) is 7.23. The van der Waals surface area contributed by atoms with E-state index >= 15 is 0 Å². The fraction of sp³-hybridized carbons (Fsp3) is 0.875. The van der Waals surface area contributed by atoms with Crippen molar-refractivity contribution in [3.05, 3.63) is 0 Å². The molecule has 60 valence electrons. The molecule has 0 saturated heterocycles. The van der Waals surface area contributed by atoms with E-state index in [-0.39, 0.29) is 11.6 Å². The van der Waals surface area contributed by atoms with Crippen molar-refractivity contribution in [3.63, 3.8) is 0 Å². The van der Waals surface area contributed by atoms with Crippen molar-refractivity contribution < 1.29 is 9.53 Å². The van der Waals surface area contributed by atoms with Gasteiger partial charge in [-0.2, -0.15) is 0 Å². The topological polar surface area (TPSA) is 26.3 Å². The average molecular weight is 144 g/mol. The van der Waals surface area contributed by atoms with E-state index in [2.05, 4.69) is 0 Å². The maximum atomic E-state index is 10.8. The average Bonchev–Trinajstić information content (AvgIpc) is 1.87. The third-order valence-corrected chi connectivity index (χ3v) is 1.53. The Bertz CT molecular complexity index is 116. The lowest BCUT2D eigenvalue weighted by atomic mass is 10.1. The van der Waals surface area contributed by atoms with Gasteiger partial charge < -0.3 is 4.74 Å². The molecule has 0 unspecified atom stereocenters. The second kappa shape index (κ2) is 3.59. The Labute approximate surface area is 62.6 Å². The molecule has 0 aromatic rings. The lowest BCUT2D eigenvalue weighted by Crippen LogP contribution is -2.26. The number of rotatable bonds is 3. The van der Waals surface area contributed by atoms with E-state index in [0.29, 0.717) is 6.42 Å². The van der Waals surface area contributed by atoms with Gasteiger partial charge in [0.25, 0.3) is 0 Å². The molecule has 0 heterocycles. The molecule has 0 aliphatic heterocycles. The lowest BCUT2D eigenvalue weighted by Gasteiger charge is -2.22. The first-order valence-electron chi connectivity index (χ1n) is 3.73. The van der Waals surface area contributed by atoms with E-state index in [0.717, 1.165) is 6.42 Å². The number of carbonyl (C=O) groups is 1. The highest BCUT2D eigenvalue weighted by atomic mass is 16.6. The Morgan fingerprint density at radius 2 is 1.90 bits per heavy atom. The molecule has 0 N–H and O–H groups in total. The van der Waals surface area contributed by atoms with Crippen LogP contribution in [0.5, 0.6) is 0 Å². The predicted octanol–water partition coefficient (Wildman–Crippen LogP) is 2.13. The first-order valence-corrected chi connectivity index (χ1v) is 3.73. The van der Waals surface area contributed by atoms with Crippen LogP contribution in [0.2, 0.25) is 0 Å². The standard InChI is InChI=1S/C8H16O2/c1-5-7(9)10-8(3,4)6-2/h5-6H2,1-4H3. The SMILES string of the molecule is CCC(=O)OC(C)(C)CC. The van der Waals surface area contributed by atoms with Crippen LogP contribution in [-0.2, 0) is 9.53 Å². The van der Waals surface area contributed by atoms with E-state index in [1.165, 1.54) is 0 Å². The molecular formula is C8H16O2. The predicted molar refractivity (Wildman–Crippen MR) is 40.8 cm³/mol. The van der Waals surface area contributed by atoms with Gasteiger partial charge in [-0.1, -0.05) is 13.8 Å². The fourth-order valence-corrected chi connectivity index (χ4v) is 0.453. The number of esters is 1. The number of hydrogen-bond acceptors (Lipinski definition) is 2. The van der Waals surface area contributed by atoms with Gasteiger partial charge in [0.1, 0.15) is 5.60 Å². The summed E-state index contributed by atoms with van der Waals surface area (Å²) in [5.74, 6) is -0.119. The minimum Gasteiger partial charge on any atom is -0.460 e. The Hall–Kier alpha value is -0.530. The lowest BCUT2D eigenvalue weighted by molar-refractivity contribution is -0.156. The van der Waals surface area contributed by atoms with Crippen molar-refractivity contribution in [3.8, 4) is 0 Å². The van der Waals surface area contributed by atoms with Crippen molar-refractivity contribution >= 4 is 5.97 Å². The van der Waals surface area contributed by atoms with E-state index in [4.69, 9.17) is 4.74 Å². The molecule has 0 aliphatic rings. The van der Waals surface area contributed by atoms with Gasteiger partial charge >= 0.3 is 5.97 Å². The molecule has 0 bridgehead atoms. The van der Waals surface area contributed by atoms with Gasteiger partial charge in [-0.15, -0.1) is 0 Å². The largest absolute Gasteiger partial charge is 0.460 e. The molecule has 2 heteroatoms. The van der Waals surface area contributed by atoms with Gasteiger partial charge in [0, 0.05) is 6.42 Å². The molecule has 0 saturated carbocycles. The normalized spacial score (nSPS) is 11.2. The zero-order valence-electron chi connectivity index (χ0n) is 7.23. The molecule has 0 atom stereocenters. The zero-order chi connectivity index (χ0) is 8.20. The third kappa shape index (κ3) is 3.49. The van der Waals surface area contributed by atoms with E-state index in [9.17, 15) is 4.79 Å². The summed E-state index contributed by atoms with van der Waals surface area (Å²) >= 11 is 0. The smallest absolute Gasteiger partial charge is 0.306 e. The molecule has 0 aromatic carbocycles. The highest BCUT2D eigenvalue weighted by Crippen LogP contribution is 2.13. The van der Waals surface area contributed by atoms with Crippen LogP contribution in [-0.4, -0.2) is 11.6 Å². The maximum Gasteiger partial charge on any atom is 0.306 e. The van der Waals surface area contributed by atoms with Crippen molar-refractivity contribution in [2.24, 2.45) is 0 Å². The number of ether oxygens (including phenoxy) is 1. The molecule has 0 spiro atoms. The summed E-state index contributed by atoms with van der Waals surface area (Å²) in [5.41, 5.74) is -0.285. The molecule has 0 fully saturated rings. The van der Waals surface area contributed by atoms with Gasteiger partial charge in [-0.25, -0.2) is 0 Å². The van der Waals surface area contributed by atoms with Gasteiger partial charge in [0.15, 0.2) is 0 Å².